The van der Waals surface area contributed by atoms with E-state index in [0.717, 1.165) is 12.1 Å². The maximum absolute atomic E-state index is 12.6. The van der Waals surface area contributed by atoms with Crippen molar-refractivity contribution in [3.8, 4) is 11.5 Å². The number of hydrogen-bond donors (Lipinski definition) is 11. The maximum Gasteiger partial charge on any atom is 0.340 e. The van der Waals surface area contributed by atoms with Crippen molar-refractivity contribution < 1.29 is 79.1 Å². The van der Waals surface area contributed by atoms with Gasteiger partial charge in [0.2, 0.25) is 18.1 Å². The molecule has 7 atom stereocenters. The van der Waals surface area contributed by atoms with Crippen molar-refractivity contribution in [3.63, 3.8) is 0 Å². The van der Waals surface area contributed by atoms with Crippen molar-refractivity contribution in [2.24, 2.45) is 5.73 Å². The molecule has 1 aliphatic heterocycles. The van der Waals surface area contributed by atoms with E-state index in [-0.39, 0.29) is 11.3 Å². The quantitative estimate of drug-likeness (QED) is 0.0687. The Bertz CT molecular complexity index is 1220. The molecule has 0 aromatic heterocycles. The van der Waals surface area contributed by atoms with Crippen molar-refractivity contribution in [2.45, 2.75) is 60.5 Å². The molecule has 19 nitrogen and oxygen atoms in total. The number of carboxylic acids is 3. The summed E-state index contributed by atoms with van der Waals surface area (Å²) in [5, 5.41) is 81.5. The summed E-state index contributed by atoms with van der Waals surface area (Å²) in [6.07, 6.45) is -11.0. The highest BCUT2D eigenvalue weighted by atomic mass is 32.2. The molecule has 0 radical (unpaired) electrons. The number of carboxylic acid groups (broad SMARTS) is 3. The second-order valence-corrected chi connectivity index (χ2v) is 10.0. The van der Waals surface area contributed by atoms with Gasteiger partial charge in [0.25, 0.3) is 0 Å². The summed E-state index contributed by atoms with van der Waals surface area (Å²) in [5.41, 5.74) is 4.81. The Morgan fingerprint density at radius 3 is 2.12 bits per heavy atom. The van der Waals surface area contributed by atoms with E-state index in [4.69, 9.17) is 30.5 Å². The minimum atomic E-state index is -2.07. The second-order valence-electron chi connectivity index (χ2n) is 9.01. The summed E-state index contributed by atoms with van der Waals surface area (Å²) in [4.78, 5) is 69.9. The van der Waals surface area contributed by atoms with Crippen molar-refractivity contribution in [1.29, 1.82) is 0 Å². The van der Waals surface area contributed by atoms with E-state index in [2.05, 4.69) is 5.32 Å². The van der Waals surface area contributed by atoms with Crippen LogP contribution >= 0.6 is 11.8 Å². The highest BCUT2D eigenvalue weighted by molar-refractivity contribution is 7.99. The number of aliphatic hydroxyl groups excluding tert-OH is 3. The van der Waals surface area contributed by atoms with Gasteiger partial charge in [0, 0.05) is 12.2 Å². The summed E-state index contributed by atoms with van der Waals surface area (Å²) < 4.78 is 9.68. The van der Waals surface area contributed by atoms with Gasteiger partial charge in [0.05, 0.1) is 10.5 Å². The van der Waals surface area contributed by atoms with Crippen LogP contribution in [0.3, 0.4) is 0 Å². The molecule has 2 amide bonds. The predicted molar refractivity (Wildman–Crippen MR) is 138 cm³/mol. The number of ether oxygens (including phenoxy) is 2. The first kappa shape index (κ1) is 35.0. The van der Waals surface area contributed by atoms with E-state index in [1.54, 1.807) is 0 Å². The number of phenols is 2. The average Bonchev–Trinajstić information content (AvgIpc) is 2.93. The van der Waals surface area contributed by atoms with Crippen molar-refractivity contribution >= 4 is 47.5 Å². The lowest BCUT2D eigenvalue weighted by molar-refractivity contribution is -0.278. The molecular weight excluding hydrogens is 606 g/mol. The molecule has 20 heteroatoms. The number of aliphatic carboxylic acids is 3. The summed E-state index contributed by atoms with van der Waals surface area (Å²) in [6, 6.07) is -1.24. The van der Waals surface area contributed by atoms with Gasteiger partial charge in [0.1, 0.15) is 48.4 Å². The van der Waals surface area contributed by atoms with Crippen LogP contribution in [0.25, 0.3) is 0 Å². The number of carbonyl (C=O) groups is 6. The molecule has 12 N–H and O–H groups in total. The normalized spacial score (nSPS) is 22.9. The number of rotatable bonds is 14. The zero-order valence-corrected chi connectivity index (χ0v) is 22.7. The molecule has 1 aromatic carbocycles. The second kappa shape index (κ2) is 15.3. The summed E-state index contributed by atoms with van der Waals surface area (Å²) >= 11 is 0.591. The Labute approximate surface area is 245 Å². The lowest BCUT2D eigenvalue weighted by Crippen LogP contribution is -2.60. The Morgan fingerprint density at radius 2 is 1.58 bits per heavy atom. The van der Waals surface area contributed by atoms with Crippen molar-refractivity contribution in [1.82, 2.24) is 10.6 Å². The standard InChI is InChI=1S/C23H29N3O16S/c24-8(20(36)37)1-2-12(29)26-9(19(35)25-5-13(30)31)6-43-18-10(27)3-7(4-11(18)28)22(40)42-23-16(34)14(32)15(33)17(41-23)21(38)39/h3-4,8-9,14-17,23,27-28,32-34H,1-2,5-6,24H2,(H,25,35)(H,26,29)(H,30,31)(H,36,37)(H,38,39)/t8?,9?,14-,15-,16+,17?,23?/m0/s1. The zero-order valence-electron chi connectivity index (χ0n) is 21.9. The van der Waals surface area contributed by atoms with E-state index < -0.39 is 114 Å². The topological polar surface area (TPSA) is 333 Å². The first-order valence-corrected chi connectivity index (χ1v) is 13.1. The van der Waals surface area contributed by atoms with E-state index in [1.807, 2.05) is 5.32 Å². The fourth-order valence-electron chi connectivity index (χ4n) is 3.50. The number of carbonyl (C=O) groups excluding carboxylic acids is 3. The van der Waals surface area contributed by atoms with Crippen LogP contribution in [0, 0.1) is 0 Å². The molecule has 1 aromatic rings. The van der Waals surface area contributed by atoms with Crippen molar-refractivity contribution in [2.75, 3.05) is 12.3 Å². The number of nitrogens with two attached hydrogens (primary N) is 1. The Morgan fingerprint density at radius 1 is 0.977 bits per heavy atom. The van der Waals surface area contributed by atoms with E-state index in [1.165, 1.54) is 0 Å². The van der Waals surface area contributed by atoms with E-state index >= 15 is 0 Å². The zero-order chi connectivity index (χ0) is 32.6. The van der Waals surface area contributed by atoms with Gasteiger partial charge in [-0.05, 0) is 18.6 Å². The van der Waals surface area contributed by atoms with Crippen LogP contribution in [0.5, 0.6) is 11.5 Å². The fraction of sp³-hybridized carbons (Fsp3) is 0.478. The third-order valence-corrected chi connectivity index (χ3v) is 6.99. The molecule has 0 aliphatic carbocycles. The predicted octanol–water partition coefficient (Wildman–Crippen LogP) is -3.88. The number of aliphatic hydroxyl groups is 3. The summed E-state index contributed by atoms with van der Waals surface area (Å²) in [6.45, 7) is -0.810. The number of aromatic hydroxyl groups is 2. The molecule has 2 rings (SSSR count). The maximum atomic E-state index is 12.6. The lowest BCUT2D eigenvalue weighted by atomic mass is 9.99. The Hall–Kier alpha value is -4.21. The minimum Gasteiger partial charge on any atom is -0.507 e. The van der Waals surface area contributed by atoms with Crippen LogP contribution in [0.1, 0.15) is 23.2 Å². The largest absolute Gasteiger partial charge is 0.507 e. The highest BCUT2D eigenvalue weighted by Crippen LogP contribution is 2.38. The Balaban J connectivity index is 2.15. The lowest BCUT2D eigenvalue weighted by Gasteiger charge is -2.37. The van der Waals surface area contributed by atoms with Crippen molar-refractivity contribution in [3.05, 3.63) is 17.7 Å². The summed E-state index contributed by atoms with van der Waals surface area (Å²) in [5.74, 6) is -9.53. The van der Waals surface area contributed by atoms with Crippen LogP contribution in [0.4, 0.5) is 0 Å². The molecule has 0 bridgehead atoms. The molecule has 1 aliphatic rings. The van der Waals surface area contributed by atoms with Crippen LogP contribution in [-0.2, 0) is 33.4 Å². The minimum absolute atomic E-state index is 0.281. The molecule has 43 heavy (non-hydrogen) atoms. The van der Waals surface area contributed by atoms with Crippen LogP contribution in [-0.4, -0.2) is 132 Å². The molecular formula is C23H29N3O16S. The number of phenolic OH excluding ortho intramolecular Hbond substituents is 2. The summed E-state index contributed by atoms with van der Waals surface area (Å²) in [7, 11) is 0. The first-order chi connectivity index (χ1) is 20.0. The van der Waals surface area contributed by atoms with Gasteiger partial charge in [-0.2, -0.15) is 0 Å². The van der Waals surface area contributed by atoms with Gasteiger partial charge in [-0.15, -0.1) is 11.8 Å². The number of amides is 2. The number of benzene rings is 1. The van der Waals surface area contributed by atoms with Gasteiger partial charge < -0.3 is 66.7 Å². The molecule has 4 unspecified atom stereocenters. The van der Waals surface area contributed by atoms with Gasteiger partial charge >= 0.3 is 23.9 Å². The first-order valence-electron chi connectivity index (χ1n) is 12.1. The third kappa shape index (κ3) is 9.66. The average molecular weight is 636 g/mol. The van der Waals surface area contributed by atoms with Crippen LogP contribution in [0.15, 0.2) is 17.0 Å². The highest BCUT2D eigenvalue weighted by Gasteiger charge is 2.48. The molecule has 1 fully saturated rings. The number of hydrogen-bond acceptors (Lipinski definition) is 15. The molecule has 0 spiro atoms. The van der Waals surface area contributed by atoms with E-state index in [0.29, 0.717) is 11.8 Å². The smallest absolute Gasteiger partial charge is 0.340 e. The van der Waals surface area contributed by atoms with Crippen LogP contribution < -0.4 is 16.4 Å². The third-order valence-electron chi connectivity index (χ3n) is 5.78. The number of esters is 1. The SMILES string of the molecule is NC(CCC(=O)NC(CSc1c(O)cc(C(=O)OC2OC(C(=O)O)[C@@H](O)[C@H](O)[C@H]2O)cc1O)C(=O)NCC(=O)O)C(=O)O. The molecule has 1 heterocycles. The number of nitrogens with one attached hydrogen (secondary N) is 2. The van der Waals surface area contributed by atoms with Gasteiger partial charge in [-0.3, -0.25) is 19.2 Å². The molecule has 0 saturated carbocycles. The monoisotopic (exact) mass is 635 g/mol. The Kier molecular flexibility index (Phi) is 12.5. The van der Waals surface area contributed by atoms with Gasteiger partial charge in [-0.1, -0.05) is 0 Å². The number of thioether (sulfide) groups is 1. The molecule has 238 valence electrons. The molecule has 1 saturated heterocycles. The fourth-order valence-corrected chi connectivity index (χ4v) is 4.48. The van der Waals surface area contributed by atoms with Crippen LogP contribution in [0.2, 0.25) is 0 Å². The van der Waals surface area contributed by atoms with E-state index in [9.17, 15) is 54.3 Å². The van der Waals surface area contributed by atoms with Gasteiger partial charge in [0.15, 0.2) is 6.10 Å². The van der Waals surface area contributed by atoms with Gasteiger partial charge in [-0.25, -0.2) is 9.59 Å².